The third-order valence-corrected chi connectivity index (χ3v) is 3.59. The van der Waals surface area contributed by atoms with E-state index in [0.29, 0.717) is 26.4 Å². The van der Waals surface area contributed by atoms with Crippen molar-refractivity contribution in [2.24, 2.45) is 0 Å². The van der Waals surface area contributed by atoms with Gasteiger partial charge in [-0.1, -0.05) is 37.3 Å². The van der Waals surface area contributed by atoms with Crippen LogP contribution in [0, 0.1) is 0 Å². The number of carbonyl (C=O) groups is 1. The molecule has 1 aliphatic heterocycles. The van der Waals surface area contributed by atoms with Crippen molar-refractivity contribution in [2.45, 2.75) is 26.0 Å². The predicted molar refractivity (Wildman–Crippen MR) is 80.7 cm³/mol. The molecule has 0 saturated carbocycles. The number of hydroxylamine groups is 1. The third kappa shape index (κ3) is 5.55. The maximum atomic E-state index is 12.3. The summed E-state index contributed by atoms with van der Waals surface area (Å²) in [5.41, 5.74) is 3.98. The monoisotopic (exact) mass is 292 g/mol. The van der Waals surface area contributed by atoms with Crippen LogP contribution < -0.4 is 5.48 Å². The van der Waals surface area contributed by atoms with E-state index in [-0.39, 0.29) is 11.8 Å². The first kappa shape index (κ1) is 16.1. The summed E-state index contributed by atoms with van der Waals surface area (Å²) < 4.78 is 5.29. The molecule has 1 aromatic rings. The van der Waals surface area contributed by atoms with Crippen LogP contribution in [0.1, 0.15) is 18.9 Å². The second-order valence-electron chi connectivity index (χ2n) is 5.21. The molecule has 1 aliphatic rings. The van der Waals surface area contributed by atoms with Crippen LogP contribution in [0.15, 0.2) is 30.3 Å². The molecule has 0 radical (unpaired) electrons. The van der Waals surface area contributed by atoms with Crippen molar-refractivity contribution in [1.82, 2.24) is 10.4 Å². The van der Waals surface area contributed by atoms with Gasteiger partial charge in [-0.05, 0) is 12.0 Å². The van der Waals surface area contributed by atoms with E-state index in [4.69, 9.17) is 9.57 Å². The summed E-state index contributed by atoms with van der Waals surface area (Å²) in [4.78, 5) is 19.9. The van der Waals surface area contributed by atoms with Crippen molar-refractivity contribution >= 4 is 5.78 Å². The molecule has 1 saturated heterocycles. The SMILES string of the molecule is CCC(NOCc1ccccc1)C(=O)CN1CCOCC1. The highest BCUT2D eigenvalue weighted by Crippen LogP contribution is 2.03. The summed E-state index contributed by atoms with van der Waals surface area (Å²) >= 11 is 0. The van der Waals surface area contributed by atoms with Crippen LogP contribution in [0.2, 0.25) is 0 Å². The average Bonchev–Trinajstić information content (AvgIpc) is 2.53. The van der Waals surface area contributed by atoms with Gasteiger partial charge >= 0.3 is 0 Å². The number of morpholine rings is 1. The first-order valence-corrected chi connectivity index (χ1v) is 7.53. The van der Waals surface area contributed by atoms with Crippen molar-refractivity contribution in [3.05, 3.63) is 35.9 Å². The Balaban J connectivity index is 1.72. The highest BCUT2D eigenvalue weighted by atomic mass is 16.6. The molecule has 21 heavy (non-hydrogen) atoms. The summed E-state index contributed by atoms with van der Waals surface area (Å²) in [6.45, 7) is 5.98. The highest BCUT2D eigenvalue weighted by molar-refractivity contribution is 5.85. The molecular formula is C16H24N2O3. The van der Waals surface area contributed by atoms with Crippen molar-refractivity contribution in [2.75, 3.05) is 32.8 Å². The molecule has 1 fully saturated rings. The van der Waals surface area contributed by atoms with Crippen molar-refractivity contribution in [3.63, 3.8) is 0 Å². The van der Waals surface area contributed by atoms with E-state index in [0.717, 1.165) is 25.1 Å². The summed E-state index contributed by atoms with van der Waals surface area (Å²) in [5, 5.41) is 0. The molecule has 5 heteroatoms. The van der Waals surface area contributed by atoms with Gasteiger partial charge in [-0.3, -0.25) is 14.5 Å². The van der Waals surface area contributed by atoms with Crippen molar-refractivity contribution < 1.29 is 14.4 Å². The number of ether oxygens (including phenoxy) is 1. The first-order valence-electron chi connectivity index (χ1n) is 7.53. The number of nitrogens with zero attached hydrogens (tertiary/aromatic N) is 1. The van der Waals surface area contributed by atoms with Gasteiger partial charge in [0.25, 0.3) is 0 Å². The lowest BCUT2D eigenvalue weighted by molar-refractivity contribution is -0.128. The molecule has 1 N–H and O–H groups in total. The number of ketones is 1. The molecular weight excluding hydrogens is 268 g/mol. The minimum absolute atomic E-state index is 0.174. The fraction of sp³-hybridized carbons (Fsp3) is 0.562. The zero-order chi connectivity index (χ0) is 14.9. The summed E-state index contributed by atoms with van der Waals surface area (Å²) in [6, 6.07) is 9.66. The number of hydrogen-bond donors (Lipinski definition) is 1. The predicted octanol–water partition coefficient (Wildman–Crippen LogP) is 1.39. The maximum absolute atomic E-state index is 12.3. The van der Waals surface area contributed by atoms with Gasteiger partial charge in [-0.25, -0.2) is 0 Å². The van der Waals surface area contributed by atoms with E-state index in [1.165, 1.54) is 0 Å². The number of hydrogen-bond acceptors (Lipinski definition) is 5. The lowest BCUT2D eigenvalue weighted by Crippen LogP contribution is -2.46. The third-order valence-electron chi connectivity index (χ3n) is 3.59. The Morgan fingerprint density at radius 3 is 2.71 bits per heavy atom. The van der Waals surface area contributed by atoms with Gasteiger partial charge in [-0.15, -0.1) is 0 Å². The fourth-order valence-electron chi connectivity index (χ4n) is 2.27. The van der Waals surface area contributed by atoms with Gasteiger partial charge in [0.15, 0.2) is 5.78 Å². The summed E-state index contributed by atoms with van der Waals surface area (Å²) in [7, 11) is 0. The molecule has 0 spiro atoms. The Kier molecular flexibility index (Phi) is 6.82. The normalized spacial score (nSPS) is 17.6. The van der Waals surface area contributed by atoms with E-state index in [9.17, 15) is 4.79 Å². The Labute approximate surface area is 126 Å². The minimum Gasteiger partial charge on any atom is -0.379 e. The van der Waals surface area contributed by atoms with Crippen molar-refractivity contribution in [1.29, 1.82) is 0 Å². The Bertz CT molecular complexity index is 419. The quantitative estimate of drug-likeness (QED) is 0.734. The molecule has 1 heterocycles. The second-order valence-corrected chi connectivity index (χ2v) is 5.21. The molecule has 0 bridgehead atoms. The van der Waals surface area contributed by atoms with Crippen LogP contribution >= 0.6 is 0 Å². The largest absolute Gasteiger partial charge is 0.379 e. The maximum Gasteiger partial charge on any atom is 0.165 e. The number of rotatable bonds is 8. The smallest absolute Gasteiger partial charge is 0.165 e. The zero-order valence-corrected chi connectivity index (χ0v) is 12.6. The Morgan fingerprint density at radius 2 is 2.05 bits per heavy atom. The second kappa shape index (κ2) is 8.89. The zero-order valence-electron chi connectivity index (χ0n) is 12.6. The molecule has 0 aliphatic carbocycles. The van der Waals surface area contributed by atoms with E-state index < -0.39 is 0 Å². The van der Waals surface area contributed by atoms with Crippen LogP contribution in [0.4, 0.5) is 0 Å². The lowest BCUT2D eigenvalue weighted by atomic mass is 10.1. The van der Waals surface area contributed by atoms with Gasteiger partial charge in [-0.2, -0.15) is 5.48 Å². The molecule has 0 amide bonds. The minimum atomic E-state index is -0.253. The van der Waals surface area contributed by atoms with E-state index >= 15 is 0 Å². The molecule has 0 aromatic heterocycles. The van der Waals surface area contributed by atoms with Gasteiger partial charge in [0.1, 0.15) is 0 Å². The van der Waals surface area contributed by atoms with Crippen LogP contribution in [-0.4, -0.2) is 49.6 Å². The van der Waals surface area contributed by atoms with E-state index in [1.54, 1.807) is 0 Å². The highest BCUT2D eigenvalue weighted by Gasteiger charge is 2.20. The van der Waals surface area contributed by atoms with E-state index in [2.05, 4.69) is 10.4 Å². The van der Waals surface area contributed by atoms with Gasteiger partial charge in [0, 0.05) is 13.1 Å². The molecule has 5 nitrogen and oxygen atoms in total. The number of nitrogens with one attached hydrogen (secondary N) is 1. The molecule has 1 aromatic carbocycles. The molecule has 116 valence electrons. The molecule has 1 unspecified atom stereocenters. The number of carbonyl (C=O) groups excluding carboxylic acids is 1. The first-order chi connectivity index (χ1) is 10.3. The van der Waals surface area contributed by atoms with Crippen LogP contribution in [0.25, 0.3) is 0 Å². The topological polar surface area (TPSA) is 50.8 Å². The van der Waals surface area contributed by atoms with Crippen LogP contribution in [-0.2, 0) is 21.0 Å². The van der Waals surface area contributed by atoms with Crippen LogP contribution in [0.3, 0.4) is 0 Å². The molecule has 2 rings (SSSR count). The van der Waals surface area contributed by atoms with Gasteiger partial charge in [0.05, 0.1) is 32.4 Å². The summed E-state index contributed by atoms with van der Waals surface area (Å²) in [5.74, 6) is 0.174. The average molecular weight is 292 g/mol. The Morgan fingerprint density at radius 1 is 1.33 bits per heavy atom. The lowest BCUT2D eigenvalue weighted by Gasteiger charge is -2.27. The number of benzene rings is 1. The fourth-order valence-corrected chi connectivity index (χ4v) is 2.27. The van der Waals surface area contributed by atoms with Crippen LogP contribution in [0.5, 0.6) is 0 Å². The summed E-state index contributed by atoms with van der Waals surface area (Å²) in [6.07, 6.45) is 0.720. The van der Waals surface area contributed by atoms with Crippen molar-refractivity contribution in [3.8, 4) is 0 Å². The standard InChI is InChI=1S/C16H24N2O3/c1-2-15(16(19)12-18-8-10-20-11-9-18)17-21-13-14-6-4-3-5-7-14/h3-7,15,17H,2,8-13H2,1H3. The van der Waals surface area contributed by atoms with E-state index in [1.807, 2.05) is 37.3 Å². The Hall–Kier alpha value is -1.27. The van der Waals surface area contributed by atoms with Gasteiger partial charge < -0.3 is 4.74 Å². The number of Topliss-reactive ketones (excluding diaryl/α,β-unsaturated/α-hetero) is 1. The van der Waals surface area contributed by atoms with Gasteiger partial charge in [0.2, 0.25) is 0 Å². The molecule has 1 atom stereocenters.